The van der Waals surface area contributed by atoms with Gasteiger partial charge in [0.05, 0.1) is 0 Å². The van der Waals surface area contributed by atoms with E-state index in [-0.39, 0.29) is 5.91 Å². The number of aryl methyl sites for hydroxylation is 2. The van der Waals surface area contributed by atoms with Crippen LogP contribution in [0.3, 0.4) is 0 Å². The number of rotatable bonds is 7. The second-order valence-corrected chi connectivity index (χ2v) is 5.51. The largest absolute Gasteiger partial charge is 0.326 e. The summed E-state index contributed by atoms with van der Waals surface area (Å²) in [6.07, 6.45) is 1.48. The Labute approximate surface area is 132 Å². The van der Waals surface area contributed by atoms with E-state index in [1.54, 1.807) is 0 Å². The van der Waals surface area contributed by atoms with Crippen molar-refractivity contribution in [2.75, 3.05) is 11.9 Å². The van der Waals surface area contributed by atoms with E-state index in [1.807, 2.05) is 24.3 Å². The monoisotopic (exact) mass is 296 g/mol. The number of benzene rings is 2. The zero-order valence-corrected chi connectivity index (χ0v) is 13.4. The van der Waals surface area contributed by atoms with Gasteiger partial charge in [0.15, 0.2) is 0 Å². The second kappa shape index (κ2) is 8.35. The molecule has 2 aromatic rings. The van der Waals surface area contributed by atoms with Gasteiger partial charge >= 0.3 is 0 Å². The molecule has 0 saturated heterocycles. The van der Waals surface area contributed by atoms with Crippen molar-refractivity contribution in [3.05, 3.63) is 65.2 Å². The minimum atomic E-state index is 0.0426. The minimum absolute atomic E-state index is 0.0426. The zero-order valence-electron chi connectivity index (χ0n) is 13.4. The van der Waals surface area contributed by atoms with Crippen molar-refractivity contribution in [2.24, 2.45) is 0 Å². The highest BCUT2D eigenvalue weighted by Crippen LogP contribution is 2.10. The number of nitrogens with one attached hydrogen (secondary N) is 2. The smallest absolute Gasteiger partial charge is 0.225 e. The fraction of sp³-hybridized carbons (Fsp3) is 0.316. The number of carbonyl (C=O) groups is 1. The van der Waals surface area contributed by atoms with Crippen molar-refractivity contribution in [1.82, 2.24) is 5.32 Å². The standard InChI is InChI=1S/C19H24N2O/c1-3-16-7-9-18(10-8-16)21-19(22)11-12-20-14-17-6-4-5-15(2)13-17/h4-10,13,20H,3,11-12,14H2,1-2H3,(H,21,22). The summed E-state index contributed by atoms with van der Waals surface area (Å²) in [4.78, 5) is 11.9. The third-order valence-electron chi connectivity index (χ3n) is 3.59. The average molecular weight is 296 g/mol. The highest BCUT2D eigenvalue weighted by molar-refractivity contribution is 5.90. The molecule has 0 aliphatic rings. The van der Waals surface area contributed by atoms with E-state index in [1.165, 1.54) is 16.7 Å². The van der Waals surface area contributed by atoms with Crippen molar-refractivity contribution < 1.29 is 4.79 Å². The molecule has 0 heterocycles. The molecule has 0 bridgehead atoms. The zero-order chi connectivity index (χ0) is 15.8. The molecule has 0 radical (unpaired) electrons. The summed E-state index contributed by atoms with van der Waals surface area (Å²) in [5.41, 5.74) is 4.64. The van der Waals surface area contributed by atoms with Crippen LogP contribution in [-0.4, -0.2) is 12.5 Å². The Morgan fingerprint density at radius 3 is 2.50 bits per heavy atom. The van der Waals surface area contributed by atoms with E-state index in [2.05, 4.69) is 48.7 Å². The lowest BCUT2D eigenvalue weighted by atomic mass is 10.1. The molecule has 0 aromatic heterocycles. The minimum Gasteiger partial charge on any atom is -0.326 e. The van der Waals surface area contributed by atoms with Gasteiger partial charge in [-0.05, 0) is 36.6 Å². The van der Waals surface area contributed by atoms with Gasteiger partial charge < -0.3 is 10.6 Å². The Morgan fingerprint density at radius 2 is 1.82 bits per heavy atom. The van der Waals surface area contributed by atoms with Gasteiger partial charge in [0.25, 0.3) is 0 Å². The third-order valence-corrected chi connectivity index (χ3v) is 3.59. The Kier molecular flexibility index (Phi) is 6.16. The number of hydrogen-bond acceptors (Lipinski definition) is 2. The lowest BCUT2D eigenvalue weighted by Crippen LogP contribution is -2.21. The number of amides is 1. The summed E-state index contributed by atoms with van der Waals surface area (Å²) in [5.74, 6) is 0.0426. The lowest BCUT2D eigenvalue weighted by Gasteiger charge is -2.08. The van der Waals surface area contributed by atoms with Gasteiger partial charge in [-0.25, -0.2) is 0 Å². The Bertz CT molecular complexity index is 605. The van der Waals surface area contributed by atoms with E-state index in [0.717, 1.165) is 18.7 Å². The Hall–Kier alpha value is -2.13. The molecule has 3 heteroatoms. The molecule has 1 amide bonds. The molecule has 0 spiro atoms. The highest BCUT2D eigenvalue weighted by atomic mass is 16.1. The topological polar surface area (TPSA) is 41.1 Å². The molecule has 22 heavy (non-hydrogen) atoms. The van der Waals surface area contributed by atoms with Crippen LogP contribution in [0.5, 0.6) is 0 Å². The fourth-order valence-corrected chi connectivity index (χ4v) is 2.30. The lowest BCUT2D eigenvalue weighted by molar-refractivity contribution is -0.116. The van der Waals surface area contributed by atoms with Gasteiger partial charge in [0.1, 0.15) is 0 Å². The summed E-state index contributed by atoms with van der Waals surface area (Å²) in [6, 6.07) is 16.4. The predicted octanol–water partition coefficient (Wildman–Crippen LogP) is 3.68. The summed E-state index contributed by atoms with van der Waals surface area (Å²) < 4.78 is 0. The Morgan fingerprint density at radius 1 is 1.05 bits per heavy atom. The normalized spacial score (nSPS) is 10.5. The van der Waals surface area contributed by atoms with Gasteiger partial charge in [-0.15, -0.1) is 0 Å². The first-order valence-electron chi connectivity index (χ1n) is 7.82. The quantitative estimate of drug-likeness (QED) is 0.765. The first kappa shape index (κ1) is 16.2. The summed E-state index contributed by atoms with van der Waals surface area (Å²) in [6.45, 7) is 5.67. The molecule has 0 aliphatic heterocycles. The van der Waals surface area contributed by atoms with Crippen molar-refractivity contribution in [2.45, 2.75) is 33.2 Å². The van der Waals surface area contributed by atoms with Crippen LogP contribution in [0.4, 0.5) is 5.69 Å². The van der Waals surface area contributed by atoms with Crippen LogP contribution in [0.15, 0.2) is 48.5 Å². The van der Waals surface area contributed by atoms with E-state index >= 15 is 0 Å². The van der Waals surface area contributed by atoms with Crippen LogP contribution in [0.1, 0.15) is 30.0 Å². The summed E-state index contributed by atoms with van der Waals surface area (Å²) >= 11 is 0. The maximum atomic E-state index is 11.9. The predicted molar refractivity (Wildman–Crippen MR) is 92.0 cm³/mol. The third kappa shape index (κ3) is 5.34. The first-order valence-corrected chi connectivity index (χ1v) is 7.82. The highest BCUT2D eigenvalue weighted by Gasteiger charge is 2.02. The van der Waals surface area contributed by atoms with E-state index < -0.39 is 0 Å². The van der Waals surface area contributed by atoms with Crippen LogP contribution < -0.4 is 10.6 Å². The van der Waals surface area contributed by atoms with Gasteiger partial charge in [-0.1, -0.05) is 48.9 Å². The van der Waals surface area contributed by atoms with Crippen molar-refractivity contribution >= 4 is 11.6 Å². The van der Waals surface area contributed by atoms with Crippen LogP contribution in [0, 0.1) is 6.92 Å². The molecule has 0 aliphatic carbocycles. The fourth-order valence-electron chi connectivity index (χ4n) is 2.30. The summed E-state index contributed by atoms with van der Waals surface area (Å²) in [5, 5.41) is 6.23. The van der Waals surface area contributed by atoms with E-state index in [0.29, 0.717) is 13.0 Å². The first-order chi connectivity index (χ1) is 10.7. The van der Waals surface area contributed by atoms with Crippen molar-refractivity contribution in [1.29, 1.82) is 0 Å². The second-order valence-electron chi connectivity index (χ2n) is 5.51. The molecule has 0 fully saturated rings. The molecular weight excluding hydrogens is 272 g/mol. The molecule has 116 valence electrons. The molecule has 0 atom stereocenters. The molecule has 2 rings (SSSR count). The number of carbonyl (C=O) groups excluding carboxylic acids is 1. The van der Waals surface area contributed by atoms with Gasteiger partial charge in [-0.2, -0.15) is 0 Å². The van der Waals surface area contributed by atoms with Gasteiger partial charge in [0, 0.05) is 25.2 Å². The molecule has 2 N–H and O–H groups in total. The van der Waals surface area contributed by atoms with E-state index in [4.69, 9.17) is 0 Å². The maximum absolute atomic E-state index is 11.9. The number of hydrogen-bond donors (Lipinski definition) is 2. The average Bonchev–Trinajstić information content (AvgIpc) is 2.52. The molecule has 0 unspecified atom stereocenters. The van der Waals surface area contributed by atoms with Crippen LogP contribution in [-0.2, 0) is 17.8 Å². The molecule has 3 nitrogen and oxygen atoms in total. The van der Waals surface area contributed by atoms with Gasteiger partial charge in [-0.3, -0.25) is 4.79 Å². The molecule has 0 saturated carbocycles. The van der Waals surface area contributed by atoms with Crippen LogP contribution in [0.25, 0.3) is 0 Å². The van der Waals surface area contributed by atoms with Crippen LogP contribution in [0.2, 0.25) is 0 Å². The van der Waals surface area contributed by atoms with E-state index in [9.17, 15) is 4.79 Å². The SMILES string of the molecule is CCc1ccc(NC(=O)CCNCc2cccc(C)c2)cc1. The van der Waals surface area contributed by atoms with Crippen LogP contribution >= 0.6 is 0 Å². The number of anilines is 1. The van der Waals surface area contributed by atoms with Gasteiger partial charge in [0.2, 0.25) is 5.91 Å². The summed E-state index contributed by atoms with van der Waals surface area (Å²) in [7, 11) is 0. The Balaban J connectivity index is 1.69. The van der Waals surface area contributed by atoms with Crippen molar-refractivity contribution in [3.63, 3.8) is 0 Å². The maximum Gasteiger partial charge on any atom is 0.225 e. The molecule has 2 aromatic carbocycles. The van der Waals surface area contributed by atoms with Crippen molar-refractivity contribution in [3.8, 4) is 0 Å². The molecular formula is C19H24N2O.